The smallest absolute Gasteiger partial charge is 0.164 e. The van der Waals surface area contributed by atoms with Crippen LogP contribution in [0.3, 0.4) is 0 Å². The number of fused-ring (bicyclic) bond motifs is 1. The highest BCUT2D eigenvalue weighted by Gasteiger charge is 2.18. The molecule has 1 aliphatic heterocycles. The molecule has 0 spiro atoms. The molecule has 0 radical (unpaired) electrons. The highest BCUT2D eigenvalue weighted by Crippen LogP contribution is 2.25. The van der Waals surface area contributed by atoms with Crippen molar-refractivity contribution in [3.63, 3.8) is 0 Å². The van der Waals surface area contributed by atoms with Crippen LogP contribution in [-0.4, -0.2) is 10.0 Å². The Hall–Kier alpha value is -1.87. The topological polar surface area (TPSA) is 23.5 Å². The van der Waals surface area contributed by atoms with Crippen LogP contribution in [0.5, 0.6) is 5.75 Å². The van der Waals surface area contributed by atoms with Gasteiger partial charge in [0.05, 0.1) is 0 Å². The number of halogens is 1. The minimum Gasteiger partial charge on any atom is -0.505 e. The summed E-state index contributed by atoms with van der Waals surface area (Å²) in [6.45, 7) is 2.55. The molecule has 0 saturated carbocycles. The zero-order valence-electron chi connectivity index (χ0n) is 9.94. The summed E-state index contributed by atoms with van der Waals surface area (Å²) in [5.41, 5.74) is 3.63. The highest BCUT2D eigenvalue weighted by molar-refractivity contribution is 5.32. The summed E-state index contributed by atoms with van der Waals surface area (Å²) < 4.78 is 13.0. The van der Waals surface area contributed by atoms with Crippen molar-refractivity contribution in [2.75, 3.05) is 0 Å². The average molecular weight is 243 g/mol. The van der Waals surface area contributed by atoms with Crippen LogP contribution in [0.2, 0.25) is 0 Å². The minimum absolute atomic E-state index is 0.274. The zero-order chi connectivity index (χ0) is 12.5. The van der Waals surface area contributed by atoms with E-state index in [0.717, 1.165) is 25.2 Å². The van der Waals surface area contributed by atoms with Crippen LogP contribution in [0.25, 0.3) is 0 Å². The fraction of sp³-hybridized carbons (Fsp3) is 0.200. The maximum Gasteiger partial charge on any atom is 0.164 e. The molecule has 1 heterocycles. The summed E-state index contributed by atoms with van der Waals surface area (Å²) in [6, 6.07) is 12.9. The van der Waals surface area contributed by atoms with Crippen molar-refractivity contribution < 1.29 is 9.50 Å². The first-order valence-electron chi connectivity index (χ1n) is 5.99. The van der Waals surface area contributed by atoms with E-state index in [1.54, 1.807) is 6.07 Å². The molecule has 3 rings (SSSR count). The van der Waals surface area contributed by atoms with Gasteiger partial charge < -0.3 is 5.11 Å². The van der Waals surface area contributed by atoms with E-state index in [1.807, 2.05) is 12.1 Å². The lowest BCUT2D eigenvalue weighted by molar-refractivity contribution is 0.275. The summed E-state index contributed by atoms with van der Waals surface area (Å²) >= 11 is 0. The number of phenolic OH excluding ortho intramolecular Hbond substituents is 1. The number of rotatable bonds is 2. The first-order chi connectivity index (χ1) is 8.72. The number of nitrogens with zero attached hydrogens (tertiary/aromatic N) is 1. The van der Waals surface area contributed by atoms with Gasteiger partial charge in [0.1, 0.15) is 0 Å². The molecule has 1 N–H and O–H groups in total. The van der Waals surface area contributed by atoms with E-state index in [2.05, 4.69) is 17.0 Å². The molecule has 0 atom stereocenters. The Kier molecular flexibility index (Phi) is 2.76. The van der Waals surface area contributed by atoms with Crippen LogP contribution in [0.15, 0.2) is 42.5 Å². The third kappa shape index (κ3) is 2.09. The molecule has 3 heteroatoms. The molecule has 2 nitrogen and oxygen atoms in total. The van der Waals surface area contributed by atoms with Gasteiger partial charge in [-0.15, -0.1) is 0 Å². The lowest BCUT2D eigenvalue weighted by Crippen LogP contribution is -2.15. The van der Waals surface area contributed by atoms with Gasteiger partial charge in [0.25, 0.3) is 0 Å². The van der Waals surface area contributed by atoms with Gasteiger partial charge >= 0.3 is 0 Å². The van der Waals surface area contributed by atoms with E-state index in [9.17, 15) is 9.50 Å². The Labute approximate surface area is 105 Å². The van der Waals surface area contributed by atoms with E-state index < -0.39 is 5.82 Å². The Bertz CT molecular complexity index is 557. The van der Waals surface area contributed by atoms with Gasteiger partial charge in [-0.05, 0) is 28.8 Å². The van der Waals surface area contributed by atoms with Crippen LogP contribution in [0.1, 0.15) is 16.7 Å². The van der Waals surface area contributed by atoms with Gasteiger partial charge in [-0.25, -0.2) is 4.39 Å². The second kappa shape index (κ2) is 4.42. The van der Waals surface area contributed by atoms with Crippen molar-refractivity contribution in [2.45, 2.75) is 19.6 Å². The molecule has 0 aromatic heterocycles. The standard InChI is InChI=1S/C15H14FNO/c16-14-6-5-11(7-15(14)18)8-17-9-12-3-1-2-4-13(12)10-17/h1-7,18H,8-10H2. The number of phenols is 1. The molecule has 1 aliphatic rings. The van der Waals surface area contributed by atoms with Gasteiger partial charge in [0.2, 0.25) is 0 Å². The number of aromatic hydroxyl groups is 1. The lowest BCUT2D eigenvalue weighted by atomic mass is 10.1. The average Bonchev–Trinajstić information content (AvgIpc) is 2.76. The Morgan fingerprint density at radius 1 is 1.06 bits per heavy atom. The van der Waals surface area contributed by atoms with Crippen LogP contribution < -0.4 is 0 Å². The van der Waals surface area contributed by atoms with Crippen molar-refractivity contribution in [2.24, 2.45) is 0 Å². The maximum atomic E-state index is 13.0. The number of hydrogen-bond acceptors (Lipinski definition) is 2. The summed E-state index contributed by atoms with van der Waals surface area (Å²) in [4.78, 5) is 2.28. The minimum atomic E-state index is -0.566. The molecule has 0 aliphatic carbocycles. The van der Waals surface area contributed by atoms with E-state index in [0.29, 0.717) is 0 Å². The SMILES string of the molecule is Oc1cc(CN2Cc3ccccc3C2)ccc1F. The third-order valence-electron chi connectivity index (χ3n) is 3.32. The fourth-order valence-corrected chi connectivity index (χ4v) is 2.43. The molecule has 0 unspecified atom stereocenters. The largest absolute Gasteiger partial charge is 0.505 e. The van der Waals surface area contributed by atoms with Gasteiger partial charge in [-0.2, -0.15) is 0 Å². The van der Waals surface area contributed by atoms with Crippen molar-refractivity contribution in [1.82, 2.24) is 4.90 Å². The molecule has 2 aromatic carbocycles. The van der Waals surface area contributed by atoms with E-state index in [4.69, 9.17) is 0 Å². The second-order valence-electron chi connectivity index (χ2n) is 4.70. The number of benzene rings is 2. The van der Waals surface area contributed by atoms with Gasteiger partial charge in [0.15, 0.2) is 11.6 Å². The molecular formula is C15H14FNO. The van der Waals surface area contributed by atoms with Crippen LogP contribution in [0.4, 0.5) is 4.39 Å². The normalized spacial score (nSPS) is 14.7. The zero-order valence-corrected chi connectivity index (χ0v) is 9.94. The summed E-state index contributed by atoms with van der Waals surface area (Å²) in [6.07, 6.45) is 0. The lowest BCUT2D eigenvalue weighted by Gasteiger charge is -2.14. The molecule has 2 aromatic rings. The number of hydrogen-bond donors (Lipinski definition) is 1. The molecule has 0 bridgehead atoms. The summed E-state index contributed by atoms with van der Waals surface area (Å²) in [5, 5.41) is 9.35. The third-order valence-corrected chi connectivity index (χ3v) is 3.32. The van der Waals surface area contributed by atoms with E-state index >= 15 is 0 Å². The molecule has 18 heavy (non-hydrogen) atoms. The monoisotopic (exact) mass is 243 g/mol. The Morgan fingerprint density at radius 3 is 2.33 bits per heavy atom. The van der Waals surface area contributed by atoms with Gasteiger partial charge in [-0.3, -0.25) is 4.90 Å². The van der Waals surface area contributed by atoms with Gasteiger partial charge in [0, 0.05) is 19.6 Å². The Morgan fingerprint density at radius 2 is 1.72 bits per heavy atom. The summed E-state index contributed by atoms with van der Waals surface area (Å²) in [5.74, 6) is -0.840. The quantitative estimate of drug-likeness (QED) is 0.876. The Balaban J connectivity index is 1.74. The molecule has 92 valence electrons. The first-order valence-corrected chi connectivity index (χ1v) is 5.99. The van der Waals surface area contributed by atoms with E-state index in [1.165, 1.54) is 23.3 Å². The second-order valence-corrected chi connectivity index (χ2v) is 4.70. The molecular weight excluding hydrogens is 229 g/mol. The van der Waals surface area contributed by atoms with Gasteiger partial charge in [-0.1, -0.05) is 30.3 Å². The van der Waals surface area contributed by atoms with E-state index in [-0.39, 0.29) is 5.75 Å². The highest BCUT2D eigenvalue weighted by atomic mass is 19.1. The van der Waals surface area contributed by atoms with Crippen LogP contribution >= 0.6 is 0 Å². The van der Waals surface area contributed by atoms with Crippen molar-refractivity contribution in [1.29, 1.82) is 0 Å². The van der Waals surface area contributed by atoms with Crippen LogP contribution in [0, 0.1) is 5.82 Å². The van der Waals surface area contributed by atoms with Crippen molar-refractivity contribution in [3.8, 4) is 5.75 Å². The van der Waals surface area contributed by atoms with Crippen LogP contribution in [-0.2, 0) is 19.6 Å². The maximum absolute atomic E-state index is 13.0. The molecule has 0 fully saturated rings. The predicted octanol–water partition coefficient (Wildman–Crippen LogP) is 3.05. The molecule has 0 amide bonds. The predicted molar refractivity (Wildman–Crippen MR) is 67.5 cm³/mol. The fourth-order valence-electron chi connectivity index (χ4n) is 2.43. The van der Waals surface area contributed by atoms with Crippen molar-refractivity contribution >= 4 is 0 Å². The van der Waals surface area contributed by atoms with Crippen molar-refractivity contribution in [3.05, 3.63) is 65.0 Å². The molecule has 0 saturated heterocycles. The first kappa shape index (κ1) is 11.2. The summed E-state index contributed by atoms with van der Waals surface area (Å²) in [7, 11) is 0.